The topological polar surface area (TPSA) is 175 Å². The molecule has 6 aromatic rings. The number of benzene rings is 4. The molecule has 0 spiro atoms. The van der Waals surface area contributed by atoms with Crippen LogP contribution in [0.25, 0.3) is 11.2 Å². The molecule has 0 aliphatic carbocycles. The summed E-state index contributed by atoms with van der Waals surface area (Å²) in [5.74, 6) is -3.02. The Kier molecular flexibility index (Phi) is 9.26. The summed E-state index contributed by atoms with van der Waals surface area (Å²) in [6.07, 6.45) is -4.02. The van der Waals surface area contributed by atoms with Crippen molar-refractivity contribution in [1.82, 2.24) is 19.5 Å². The molecule has 3 heterocycles. The molecule has 0 saturated carbocycles. The van der Waals surface area contributed by atoms with Crippen molar-refractivity contribution in [1.29, 1.82) is 0 Å². The molecule has 7 rings (SSSR count). The van der Waals surface area contributed by atoms with Crippen molar-refractivity contribution < 1.29 is 38.1 Å². The molecule has 13 nitrogen and oxygen atoms in total. The van der Waals surface area contributed by atoms with Gasteiger partial charge in [-0.1, -0.05) is 84.9 Å². The highest BCUT2D eigenvalue weighted by Crippen LogP contribution is 2.34. The maximum absolute atomic E-state index is 13.7. The van der Waals surface area contributed by atoms with Gasteiger partial charge in [-0.05, 0) is 36.4 Å². The van der Waals surface area contributed by atoms with Crippen LogP contribution in [0.15, 0.2) is 128 Å². The zero-order chi connectivity index (χ0) is 35.3. The second-order valence-corrected chi connectivity index (χ2v) is 11.5. The van der Waals surface area contributed by atoms with Crippen LogP contribution in [0.1, 0.15) is 53.5 Å². The van der Waals surface area contributed by atoms with Crippen molar-refractivity contribution in [3.8, 4) is 0 Å². The number of nitrogens with two attached hydrogens (primary N) is 1. The van der Waals surface area contributed by atoms with Crippen molar-refractivity contribution >= 4 is 40.7 Å². The number of nitrogens with zero attached hydrogens (tertiary/aromatic N) is 4. The van der Waals surface area contributed by atoms with Crippen molar-refractivity contribution in [2.45, 2.75) is 24.5 Å². The number of carbonyl (C=O) groups excluding carboxylic acids is 4. The standard InChI is InChI=1S/C38H29N5O8/c39-32-28-34(42-33(41-32)29(44)23-13-5-1-6-14-23)43(22-40-28)35-31(51-38(47)26-19-11-4-12-20-26)30(50-37(46)25-17-9-3-10-18-25)27(21-48-35)49-36(45)24-15-7-2-8-16-24/h1-20,22,27,30-31,35H,21H2,(H2,39,41,42)/t27-,30-,31-,35-/m1/s1. The predicted molar refractivity (Wildman–Crippen MR) is 182 cm³/mol. The molecule has 0 amide bonds. The van der Waals surface area contributed by atoms with Crippen molar-refractivity contribution in [2.24, 2.45) is 0 Å². The van der Waals surface area contributed by atoms with E-state index in [-0.39, 0.29) is 46.1 Å². The smallest absolute Gasteiger partial charge is 0.338 e. The number of imidazole rings is 1. The summed E-state index contributed by atoms with van der Waals surface area (Å²) in [5.41, 5.74) is 7.48. The van der Waals surface area contributed by atoms with E-state index in [1.54, 1.807) is 121 Å². The van der Waals surface area contributed by atoms with Crippen LogP contribution < -0.4 is 5.73 Å². The van der Waals surface area contributed by atoms with Crippen molar-refractivity contribution in [2.75, 3.05) is 12.3 Å². The quantitative estimate of drug-likeness (QED) is 0.125. The van der Waals surface area contributed by atoms with Crippen LogP contribution in [0.3, 0.4) is 0 Å². The van der Waals surface area contributed by atoms with E-state index in [2.05, 4.69) is 15.0 Å². The van der Waals surface area contributed by atoms with Gasteiger partial charge in [-0.15, -0.1) is 0 Å². The number of nitrogen functional groups attached to an aromatic ring is 1. The fraction of sp³-hybridized carbons (Fsp3) is 0.132. The highest BCUT2D eigenvalue weighted by Gasteiger charge is 2.49. The Balaban J connectivity index is 1.31. The fourth-order valence-corrected chi connectivity index (χ4v) is 5.62. The van der Waals surface area contributed by atoms with Crippen LogP contribution in [0.2, 0.25) is 0 Å². The number of rotatable bonds is 9. The number of carbonyl (C=O) groups is 4. The third-order valence-corrected chi connectivity index (χ3v) is 8.14. The SMILES string of the molecule is Nc1nc(C(=O)c2ccccc2)nc2c1ncn2[C@@H]1OC[C@@H](OC(=O)c2ccccc2)[C@@H](OC(=O)c2ccccc2)[C@H]1OC(=O)c1ccccc1. The Hall–Kier alpha value is -6.73. The van der Waals surface area contributed by atoms with Gasteiger partial charge in [-0.2, -0.15) is 0 Å². The van der Waals surface area contributed by atoms with Crippen LogP contribution >= 0.6 is 0 Å². The van der Waals surface area contributed by atoms with Crippen LogP contribution in [0, 0.1) is 0 Å². The predicted octanol–water partition coefficient (Wildman–Crippen LogP) is 4.85. The average molecular weight is 684 g/mol. The molecule has 1 fully saturated rings. The molecule has 1 aliphatic rings. The zero-order valence-corrected chi connectivity index (χ0v) is 26.8. The minimum absolute atomic E-state index is 0.0756. The molecule has 254 valence electrons. The number of fused-ring (bicyclic) bond motifs is 1. The summed E-state index contributed by atoms with van der Waals surface area (Å²) >= 11 is 0. The third kappa shape index (κ3) is 6.91. The van der Waals surface area contributed by atoms with Gasteiger partial charge in [0.2, 0.25) is 11.6 Å². The van der Waals surface area contributed by atoms with Gasteiger partial charge in [-0.25, -0.2) is 29.3 Å². The number of ether oxygens (including phenoxy) is 4. The molecule has 2 aromatic heterocycles. The normalized spacial score (nSPS) is 18.4. The molecule has 0 radical (unpaired) electrons. The Bertz CT molecular complexity index is 2200. The molecule has 2 N–H and O–H groups in total. The second-order valence-electron chi connectivity index (χ2n) is 11.5. The number of esters is 3. The lowest BCUT2D eigenvalue weighted by Crippen LogP contribution is -2.55. The Labute approximate surface area is 290 Å². The second kappa shape index (κ2) is 14.4. The lowest BCUT2D eigenvalue weighted by molar-refractivity contribution is -0.211. The van der Waals surface area contributed by atoms with Gasteiger partial charge in [0, 0.05) is 5.56 Å². The summed E-state index contributed by atoms with van der Waals surface area (Å²) < 4.78 is 25.7. The molecule has 0 unspecified atom stereocenters. The lowest BCUT2D eigenvalue weighted by Gasteiger charge is -2.41. The Morgan fingerprint density at radius 2 is 1.10 bits per heavy atom. The lowest BCUT2D eigenvalue weighted by atomic mass is 10.0. The largest absolute Gasteiger partial charge is 0.452 e. The number of hydrogen-bond acceptors (Lipinski definition) is 12. The van der Waals surface area contributed by atoms with Gasteiger partial charge in [0.25, 0.3) is 0 Å². The van der Waals surface area contributed by atoms with Crippen molar-refractivity contribution in [3.63, 3.8) is 0 Å². The zero-order valence-electron chi connectivity index (χ0n) is 26.8. The molecule has 51 heavy (non-hydrogen) atoms. The van der Waals surface area contributed by atoms with Crippen molar-refractivity contribution in [3.05, 3.63) is 156 Å². The van der Waals surface area contributed by atoms with Crippen LogP contribution in [-0.2, 0) is 18.9 Å². The van der Waals surface area contributed by atoms with E-state index >= 15 is 0 Å². The Morgan fingerprint density at radius 3 is 1.63 bits per heavy atom. The average Bonchev–Trinajstić information content (AvgIpc) is 3.61. The first-order valence-corrected chi connectivity index (χ1v) is 15.9. The van der Waals surface area contributed by atoms with Crippen LogP contribution in [-0.4, -0.2) is 68.1 Å². The van der Waals surface area contributed by atoms with Gasteiger partial charge < -0.3 is 24.7 Å². The Morgan fingerprint density at radius 1 is 0.627 bits per heavy atom. The summed E-state index contributed by atoms with van der Waals surface area (Å²) in [7, 11) is 0. The number of ketones is 1. The molecule has 13 heteroatoms. The number of anilines is 1. The van der Waals surface area contributed by atoms with Gasteiger partial charge in [-0.3, -0.25) is 9.36 Å². The van der Waals surface area contributed by atoms with E-state index in [1.165, 1.54) is 10.9 Å². The van der Waals surface area contributed by atoms with Crippen LogP contribution in [0.5, 0.6) is 0 Å². The summed E-state index contributed by atoms with van der Waals surface area (Å²) in [6.45, 7) is -0.300. The molecule has 4 aromatic carbocycles. The van der Waals surface area contributed by atoms with Crippen LogP contribution in [0.4, 0.5) is 5.82 Å². The highest BCUT2D eigenvalue weighted by atomic mass is 16.6. The minimum atomic E-state index is -1.45. The summed E-state index contributed by atoms with van der Waals surface area (Å²) in [5, 5.41) is 0. The fourth-order valence-electron chi connectivity index (χ4n) is 5.62. The van der Waals surface area contributed by atoms with E-state index in [0.717, 1.165) is 0 Å². The third-order valence-electron chi connectivity index (χ3n) is 8.14. The van der Waals surface area contributed by atoms with E-state index in [0.29, 0.717) is 5.56 Å². The first-order valence-electron chi connectivity index (χ1n) is 15.9. The molecule has 1 saturated heterocycles. The van der Waals surface area contributed by atoms with Gasteiger partial charge in [0.05, 0.1) is 29.6 Å². The molecule has 1 aliphatic heterocycles. The summed E-state index contributed by atoms with van der Waals surface area (Å²) in [4.78, 5) is 67.0. The molecular formula is C38H29N5O8. The van der Waals surface area contributed by atoms with E-state index in [4.69, 9.17) is 24.7 Å². The highest BCUT2D eigenvalue weighted by molar-refractivity contribution is 6.07. The first-order chi connectivity index (χ1) is 24.9. The van der Waals surface area contributed by atoms with Gasteiger partial charge in [0.15, 0.2) is 36.0 Å². The summed E-state index contributed by atoms with van der Waals surface area (Å²) in [6, 6.07) is 33.0. The van der Waals surface area contributed by atoms with E-state index in [9.17, 15) is 19.2 Å². The molecular weight excluding hydrogens is 654 g/mol. The van der Waals surface area contributed by atoms with Gasteiger partial charge in [0.1, 0.15) is 5.52 Å². The number of aromatic nitrogens is 4. The van der Waals surface area contributed by atoms with E-state index in [1.807, 2.05) is 0 Å². The maximum Gasteiger partial charge on any atom is 0.338 e. The minimum Gasteiger partial charge on any atom is -0.452 e. The number of hydrogen-bond donors (Lipinski definition) is 1. The maximum atomic E-state index is 13.7. The molecule has 4 atom stereocenters. The first kappa shape index (κ1) is 32.8. The van der Waals surface area contributed by atoms with Gasteiger partial charge >= 0.3 is 17.9 Å². The molecule has 0 bridgehead atoms. The monoisotopic (exact) mass is 683 g/mol. The van der Waals surface area contributed by atoms with E-state index < -0.39 is 48.2 Å².